The summed E-state index contributed by atoms with van der Waals surface area (Å²) in [6.45, 7) is 6.34. The van der Waals surface area contributed by atoms with Crippen molar-refractivity contribution in [3.8, 4) is 11.1 Å². The Labute approximate surface area is 189 Å². The number of hydrogen-bond donors (Lipinski definition) is 0. The summed E-state index contributed by atoms with van der Waals surface area (Å²) in [5.74, 6) is 0.164. The molecule has 1 atom stereocenters. The molecule has 2 fully saturated rings. The van der Waals surface area contributed by atoms with Crippen molar-refractivity contribution in [2.75, 3.05) is 32.8 Å². The summed E-state index contributed by atoms with van der Waals surface area (Å²) in [5, 5.41) is 4.29. The van der Waals surface area contributed by atoms with Gasteiger partial charge in [-0.15, -0.1) is 0 Å². The zero-order valence-electron chi connectivity index (χ0n) is 18.3. The third-order valence-corrected chi connectivity index (χ3v) is 7.15. The number of hydrogen-bond acceptors (Lipinski definition) is 5. The molecular weight excluding hydrogens is 408 g/mol. The molecular formula is C25H32N2O3S. The minimum atomic E-state index is -0.108. The topological polar surface area (TPSA) is 49.9 Å². The highest BCUT2D eigenvalue weighted by atomic mass is 32.1. The molecule has 5 nitrogen and oxygen atoms in total. The molecule has 1 aromatic carbocycles. The lowest BCUT2D eigenvalue weighted by Gasteiger charge is -2.37. The Balaban J connectivity index is 1.31. The van der Waals surface area contributed by atoms with E-state index in [2.05, 4.69) is 46.0 Å². The average molecular weight is 441 g/mol. The van der Waals surface area contributed by atoms with Gasteiger partial charge in [0.05, 0.1) is 18.4 Å². The molecule has 1 aromatic heterocycles. The largest absolute Gasteiger partial charge is 0.466 e. The molecule has 6 heteroatoms. The van der Waals surface area contributed by atoms with Crippen LogP contribution in [0.3, 0.4) is 0 Å². The Kier molecular flexibility index (Phi) is 7.41. The van der Waals surface area contributed by atoms with Crippen molar-refractivity contribution in [1.82, 2.24) is 9.80 Å². The highest BCUT2D eigenvalue weighted by Gasteiger charge is 2.33. The van der Waals surface area contributed by atoms with E-state index in [-0.39, 0.29) is 23.7 Å². The van der Waals surface area contributed by atoms with Crippen molar-refractivity contribution < 1.29 is 14.3 Å². The van der Waals surface area contributed by atoms with Gasteiger partial charge < -0.3 is 9.64 Å². The van der Waals surface area contributed by atoms with E-state index in [0.29, 0.717) is 19.7 Å². The Morgan fingerprint density at radius 1 is 1.06 bits per heavy atom. The number of amides is 1. The number of nitrogens with zero attached hydrogens (tertiary/aromatic N) is 2. The zero-order valence-corrected chi connectivity index (χ0v) is 19.1. The standard InChI is InChI=1S/C25H32N2O3S/c1-2-30-25(29)20-8-12-27(13-9-20)24(28)22-7-4-11-26(17-22)16-19-5-3-6-21(15-19)23-10-14-31-18-23/h3,5-6,10,14-15,18,20,22H,2,4,7-9,11-13,16-17H2,1H3. The first-order valence-corrected chi connectivity index (χ1v) is 12.4. The highest BCUT2D eigenvalue weighted by Crippen LogP contribution is 2.27. The van der Waals surface area contributed by atoms with E-state index in [1.807, 2.05) is 11.8 Å². The van der Waals surface area contributed by atoms with Crippen LogP contribution in [-0.4, -0.2) is 54.5 Å². The summed E-state index contributed by atoms with van der Waals surface area (Å²) in [6.07, 6.45) is 3.45. The molecule has 0 N–H and O–H groups in total. The second-order valence-electron chi connectivity index (χ2n) is 8.64. The lowest BCUT2D eigenvalue weighted by molar-refractivity contribution is -0.152. The summed E-state index contributed by atoms with van der Waals surface area (Å²) in [6, 6.07) is 10.9. The fourth-order valence-electron chi connectivity index (χ4n) is 4.79. The van der Waals surface area contributed by atoms with Gasteiger partial charge in [0.2, 0.25) is 5.91 Å². The summed E-state index contributed by atoms with van der Waals surface area (Å²) in [4.78, 5) is 29.5. The van der Waals surface area contributed by atoms with Crippen LogP contribution >= 0.6 is 11.3 Å². The van der Waals surface area contributed by atoms with Crippen LogP contribution in [0.25, 0.3) is 11.1 Å². The molecule has 1 unspecified atom stereocenters. The Bertz CT molecular complexity index is 875. The van der Waals surface area contributed by atoms with E-state index in [0.717, 1.165) is 45.3 Å². The lowest BCUT2D eigenvalue weighted by Crippen LogP contribution is -2.47. The van der Waals surface area contributed by atoms with Gasteiger partial charge in [-0.25, -0.2) is 0 Å². The van der Waals surface area contributed by atoms with Gasteiger partial charge >= 0.3 is 5.97 Å². The van der Waals surface area contributed by atoms with Gasteiger partial charge in [-0.3, -0.25) is 14.5 Å². The first-order chi connectivity index (χ1) is 15.1. The second kappa shape index (κ2) is 10.4. The quantitative estimate of drug-likeness (QED) is 0.624. The summed E-state index contributed by atoms with van der Waals surface area (Å²) in [5.41, 5.74) is 3.82. The van der Waals surface area contributed by atoms with Crippen LogP contribution < -0.4 is 0 Å². The molecule has 1 amide bonds. The maximum Gasteiger partial charge on any atom is 0.309 e. The summed E-state index contributed by atoms with van der Waals surface area (Å²) in [7, 11) is 0. The third-order valence-electron chi connectivity index (χ3n) is 6.47. The Morgan fingerprint density at radius 2 is 1.90 bits per heavy atom. The van der Waals surface area contributed by atoms with E-state index >= 15 is 0 Å². The van der Waals surface area contributed by atoms with Gasteiger partial charge in [0, 0.05) is 26.2 Å². The van der Waals surface area contributed by atoms with Crippen molar-refractivity contribution in [3.63, 3.8) is 0 Å². The van der Waals surface area contributed by atoms with Gasteiger partial charge in [-0.1, -0.05) is 18.2 Å². The van der Waals surface area contributed by atoms with E-state index in [1.165, 1.54) is 16.7 Å². The zero-order chi connectivity index (χ0) is 21.6. The van der Waals surface area contributed by atoms with Crippen molar-refractivity contribution in [3.05, 3.63) is 46.7 Å². The van der Waals surface area contributed by atoms with Gasteiger partial charge in [0.15, 0.2) is 0 Å². The molecule has 2 aliphatic rings. The van der Waals surface area contributed by atoms with Crippen molar-refractivity contribution in [1.29, 1.82) is 0 Å². The SMILES string of the molecule is CCOC(=O)C1CCN(C(=O)C2CCCN(Cc3cccc(-c4ccsc4)c3)C2)CC1. The van der Waals surface area contributed by atoms with Crippen LogP contribution in [-0.2, 0) is 20.9 Å². The van der Waals surface area contributed by atoms with Crippen molar-refractivity contribution in [2.24, 2.45) is 11.8 Å². The summed E-state index contributed by atoms with van der Waals surface area (Å²) < 4.78 is 5.15. The van der Waals surface area contributed by atoms with E-state index in [1.54, 1.807) is 11.3 Å². The van der Waals surface area contributed by atoms with Gasteiger partial charge in [0.1, 0.15) is 0 Å². The van der Waals surface area contributed by atoms with Crippen LogP contribution in [0.15, 0.2) is 41.1 Å². The smallest absolute Gasteiger partial charge is 0.309 e. The van der Waals surface area contributed by atoms with Gasteiger partial charge in [0.25, 0.3) is 0 Å². The minimum absolute atomic E-state index is 0.0534. The predicted octanol–water partition coefficient (Wildman–Crippen LogP) is 4.43. The molecule has 3 heterocycles. The van der Waals surface area contributed by atoms with Crippen LogP contribution in [0, 0.1) is 11.8 Å². The first-order valence-electron chi connectivity index (χ1n) is 11.4. The maximum absolute atomic E-state index is 13.1. The number of likely N-dealkylation sites (tertiary alicyclic amines) is 2. The number of benzene rings is 1. The normalized spacial score (nSPS) is 20.5. The second-order valence-corrected chi connectivity index (χ2v) is 9.42. The molecule has 0 saturated carbocycles. The van der Waals surface area contributed by atoms with Crippen molar-refractivity contribution >= 4 is 23.2 Å². The van der Waals surface area contributed by atoms with Gasteiger partial charge in [-0.2, -0.15) is 11.3 Å². The first kappa shape index (κ1) is 22.0. The Morgan fingerprint density at radius 3 is 2.65 bits per heavy atom. The fraction of sp³-hybridized carbons (Fsp3) is 0.520. The van der Waals surface area contributed by atoms with Crippen LogP contribution in [0.2, 0.25) is 0 Å². The number of esters is 1. The van der Waals surface area contributed by atoms with Crippen LogP contribution in [0.4, 0.5) is 0 Å². The third kappa shape index (κ3) is 5.55. The van der Waals surface area contributed by atoms with Crippen LogP contribution in [0.5, 0.6) is 0 Å². The van der Waals surface area contributed by atoms with Crippen molar-refractivity contribution in [2.45, 2.75) is 39.2 Å². The molecule has 2 saturated heterocycles. The molecule has 0 aliphatic carbocycles. The molecule has 0 bridgehead atoms. The van der Waals surface area contributed by atoms with E-state index in [4.69, 9.17) is 4.74 Å². The lowest BCUT2D eigenvalue weighted by atomic mass is 9.92. The average Bonchev–Trinajstić information content (AvgIpc) is 3.34. The van der Waals surface area contributed by atoms with Crippen LogP contribution in [0.1, 0.15) is 38.2 Å². The van der Waals surface area contributed by atoms with E-state index < -0.39 is 0 Å². The molecule has 0 radical (unpaired) electrons. The number of carbonyl (C=O) groups is 2. The molecule has 4 rings (SSSR count). The minimum Gasteiger partial charge on any atom is -0.466 e. The number of rotatable bonds is 6. The number of ether oxygens (including phenoxy) is 1. The molecule has 0 spiro atoms. The fourth-order valence-corrected chi connectivity index (χ4v) is 5.46. The molecule has 2 aliphatic heterocycles. The number of piperidine rings is 2. The van der Waals surface area contributed by atoms with E-state index in [9.17, 15) is 9.59 Å². The molecule has 2 aromatic rings. The van der Waals surface area contributed by atoms with Gasteiger partial charge in [-0.05, 0) is 78.7 Å². The Hall–Kier alpha value is -2.18. The monoisotopic (exact) mass is 440 g/mol. The number of thiophene rings is 1. The molecule has 31 heavy (non-hydrogen) atoms. The number of carbonyl (C=O) groups excluding carboxylic acids is 2. The maximum atomic E-state index is 13.1. The summed E-state index contributed by atoms with van der Waals surface area (Å²) >= 11 is 1.72. The molecule has 166 valence electrons. The predicted molar refractivity (Wildman–Crippen MR) is 124 cm³/mol. The highest BCUT2D eigenvalue weighted by molar-refractivity contribution is 7.08.